The van der Waals surface area contributed by atoms with Crippen molar-refractivity contribution in [2.45, 2.75) is 19.9 Å². The second-order valence-corrected chi connectivity index (χ2v) is 9.52. The third kappa shape index (κ3) is 4.59. The summed E-state index contributed by atoms with van der Waals surface area (Å²) in [5.74, 6) is 0.115. The van der Waals surface area contributed by atoms with Crippen molar-refractivity contribution in [3.05, 3.63) is 94.8 Å². The van der Waals surface area contributed by atoms with Crippen molar-refractivity contribution in [3.63, 3.8) is 0 Å². The van der Waals surface area contributed by atoms with E-state index in [4.69, 9.17) is 21.1 Å². The summed E-state index contributed by atoms with van der Waals surface area (Å²) in [6.07, 6.45) is 3.38. The third-order valence-corrected chi connectivity index (χ3v) is 7.09. The zero-order valence-corrected chi connectivity index (χ0v) is 20.4. The Labute approximate surface area is 203 Å². The number of aromatic nitrogens is 1. The van der Waals surface area contributed by atoms with Gasteiger partial charge in [-0.3, -0.25) is 9.36 Å². The Kier molecular flexibility index (Phi) is 6.97. The molecule has 0 aliphatic carbocycles. The van der Waals surface area contributed by atoms with E-state index >= 15 is 0 Å². The molecule has 1 aromatic carbocycles. The van der Waals surface area contributed by atoms with Gasteiger partial charge in [0.05, 0.1) is 22.4 Å². The summed E-state index contributed by atoms with van der Waals surface area (Å²) in [5.41, 5.74) is 1.33. The molecule has 170 valence electrons. The number of carbonyl (C=O) groups is 1. The van der Waals surface area contributed by atoms with Crippen molar-refractivity contribution in [2.24, 2.45) is 4.99 Å². The number of nitrogens with zero attached hydrogens (tertiary/aromatic N) is 2. The molecular weight excluding hydrogens is 480 g/mol. The van der Waals surface area contributed by atoms with Gasteiger partial charge in [-0.25, -0.2) is 9.79 Å². The van der Waals surface area contributed by atoms with Gasteiger partial charge in [-0.2, -0.15) is 0 Å². The molecule has 0 saturated carbocycles. The van der Waals surface area contributed by atoms with Crippen molar-refractivity contribution in [1.29, 1.82) is 0 Å². The van der Waals surface area contributed by atoms with Crippen LogP contribution < -0.4 is 19.6 Å². The Bertz CT molecular complexity index is 1420. The van der Waals surface area contributed by atoms with Crippen LogP contribution in [0.2, 0.25) is 5.02 Å². The van der Waals surface area contributed by atoms with Gasteiger partial charge in [-0.1, -0.05) is 41.7 Å². The summed E-state index contributed by atoms with van der Waals surface area (Å²) >= 11 is 8.93. The molecule has 1 aliphatic heterocycles. The normalized spacial score (nSPS) is 15.7. The quantitative estimate of drug-likeness (QED) is 0.362. The van der Waals surface area contributed by atoms with Crippen LogP contribution in [-0.4, -0.2) is 23.8 Å². The number of rotatable bonds is 7. The number of esters is 1. The average Bonchev–Trinajstić information content (AvgIpc) is 3.41. The van der Waals surface area contributed by atoms with Crippen LogP contribution in [0.3, 0.4) is 0 Å². The topological polar surface area (TPSA) is 69.9 Å². The molecule has 0 amide bonds. The molecule has 0 N–H and O–H groups in total. The van der Waals surface area contributed by atoms with Gasteiger partial charge in [0.2, 0.25) is 0 Å². The highest BCUT2D eigenvalue weighted by molar-refractivity contribution is 7.10. The van der Waals surface area contributed by atoms with Crippen LogP contribution in [0.1, 0.15) is 30.3 Å². The van der Waals surface area contributed by atoms with E-state index in [1.165, 1.54) is 22.7 Å². The zero-order valence-electron chi connectivity index (χ0n) is 18.0. The Morgan fingerprint density at radius 1 is 1.36 bits per heavy atom. The minimum Gasteiger partial charge on any atom is -0.489 e. The lowest BCUT2D eigenvalue weighted by Gasteiger charge is -2.23. The smallest absolute Gasteiger partial charge is 0.338 e. The number of thiazole rings is 1. The summed E-state index contributed by atoms with van der Waals surface area (Å²) in [7, 11) is 0. The monoisotopic (exact) mass is 500 g/mol. The summed E-state index contributed by atoms with van der Waals surface area (Å²) in [4.78, 5) is 32.4. The number of benzene rings is 1. The molecule has 33 heavy (non-hydrogen) atoms. The maximum atomic E-state index is 13.6. The highest BCUT2D eigenvalue weighted by Crippen LogP contribution is 2.33. The Hall–Kier alpha value is -2.94. The molecule has 0 fully saturated rings. The second kappa shape index (κ2) is 9.91. The molecule has 0 bridgehead atoms. The fourth-order valence-corrected chi connectivity index (χ4v) is 5.60. The lowest BCUT2D eigenvalue weighted by molar-refractivity contribution is -0.139. The predicted molar refractivity (Wildman–Crippen MR) is 132 cm³/mol. The Morgan fingerprint density at radius 3 is 2.88 bits per heavy atom. The van der Waals surface area contributed by atoms with Crippen molar-refractivity contribution >= 4 is 46.3 Å². The molecule has 0 radical (unpaired) electrons. The fraction of sp³-hybridized carbons (Fsp3) is 0.208. The van der Waals surface area contributed by atoms with Gasteiger partial charge in [0, 0.05) is 15.5 Å². The first-order valence-electron chi connectivity index (χ1n) is 10.2. The van der Waals surface area contributed by atoms with E-state index in [-0.39, 0.29) is 12.2 Å². The van der Waals surface area contributed by atoms with Crippen LogP contribution in [0.4, 0.5) is 0 Å². The lowest BCUT2D eigenvalue weighted by atomic mass is 10.0. The van der Waals surface area contributed by atoms with Crippen LogP contribution in [0, 0.1) is 0 Å². The number of hydrogen-bond acceptors (Lipinski definition) is 7. The number of ether oxygens (including phenoxy) is 2. The molecule has 2 aromatic heterocycles. The number of thiophene rings is 1. The van der Waals surface area contributed by atoms with Gasteiger partial charge >= 0.3 is 5.97 Å². The highest BCUT2D eigenvalue weighted by Gasteiger charge is 2.33. The Balaban J connectivity index is 1.92. The Morgan fingerprint density at radius 2 is 2.18 bits per heavy atom. The SMILES string of the molecule is C=CCOc1ccc(Cl)cc1/C=c1\sc2n(c1=O)[C@H](c1cccs1)C(C(=O)OCC)=C(C)N=2. The van der Waals surface area contributed by atoms with Crippen LogP contribution in [0.5, 0.6) is 5.75 Å². The number of carbonyl (C=O) groups excluding carboxylic acids is 1. The van der Waals surface area contributed by atoms with Gasteiger partial charge < -0.3 is 9.47 Å². The van der Waals surface area contributed by atoms with E-state index in [9.17, 15) is 9.59 Å². The first kappa shape index (κ1) is 23.2. The molecule has 6 nitrogen and oxygen atoms in total. The fourth-order valence-electron chi connectivity index (χ4n) is 3.56. The van der Waals surface area contributed by atoms with E-state index < -0.39 is 12.0 Å². The molecule has 1 atom stereocenters. The van der Waals surface area contributed by atoms with Gasteiger partial charge in [0.15, 0.2) is 4.80 Å². The summed E-state index contributed by atoms with van der Waals surface area (Å²) in [5, 5.41) is 2.44. The maximum Gasteiger partial charge on any atom is 0.338 e. The van der Waals surface area contributed by atoms with Crippen molar-refractivity contribution in [2.75, 3.05) is 13.2 Å². The zero-order chi connectivity index (χ0) is 23.5. The second-order valence-electron chi connectivity index (χ2n) is 7.10. The average molecular weight is 501 g/mol. The maximum absolute atomic E-state index is 13.6. The summed E-state index contributed by atoms with van der Waals surface area (Å²) in [6.45, 7) is 7.75. The van der Waals surface area contributed by atoms with Crippen molar-refractivity contribution in [3.8, 4) is 5.75 Å². The third-order valence-electron chi connectivity index (χ3n) is 4.94. The first-order valence-corrected chi connectivity index (χ1v) is 12.3. The number of hydrogen-bond donors (Lipinski definition) is 0. The number of fused-ring (bicyclic) bond motifs is 1. The summed E-state index contributed by atoms with van der Waals surface area (Å²) in [6, 6.07) is 8.42. The van der Waals surface area contributed by atoms with Crippen LogP contribution in [0.25, 0.3) is 6.08 Å². The number of allylic oxidation sites excluding steroid dienone is 1. The largest absolute Gasteiger partial charge is 0.489 e. The molecule has 9 heteroatoms. The molecule has 4 rings (SSSR count). The van der Waals surface area contributed by atoms with E-state index in [1.54, 1.807) is 48.8 Å². The number of halogens is 1. The van der Waals surface area contributed by atoms with Gasteiger partial charge in [-0.05, 0) is 49.6 Å². The highest BCUT2D eigenvalue weighted by atomic mass is 35.5. The van der Waals surface area contributed by atoms with E-state index in [0.29, 0.717) is 43.5 Å². The van der Waals surface area contributed by atoms with Gasteiger partial charge in [-0.15, -0.1) is 11.3 Å². The molecule has 0 saturated heterocycles. The van der Waals surface area contributed by atoms with Crippen molar-refractivity contribution in [1.82, 2.24) is 4.57 Å². The lowest BCUT2D eigenvalue weighted by Crippen LogP contribution is -2.39. The molecule has 3 heterocycles. The van der Waals surface area contributed by atoms with Gasteiger partial charge in [0.1, 0.15) is 18.4 Å². The first-order chi connectivity index (χ1) is 15.9. The van der Waals surface area contributed by atoms with Crippen LogP contribution in [0.15, 0.2) is 69.4 Å². The van der Waals surface area contributed by atoms with E-state index in [2.05, 4.69) is 11.6 Å². The standard InChI is InChI=1S/C24H21ClN2O4S2/c1-4-10-31-17-9-8-16(25)12-15(17)13-19-22(28)27-21(18-7-6-11-32-18)20(23(29)30-5-2)14(3)26-24(27)33-19/h4,6-9,11-13,21H,1,5,10H2,2-3H3/b19-13-/t21-/m1/s1. The van der Waals surface area contributed by atoms with E-state index in [0.717, 1.165) is 4.88 Å². The van der Waals surface area contributed by atoms with Gasteiger partial charge in [0.25, 0.3) is 5.56 Å². The van der Waals surface area contributed by atoms with Crippen LogP contribution >= 0.6 is 34.3 Å². The summed E-state index contributed by atoms with van der Waals surface area (Å²) < 4.78 is 13.0. The molecule has 3 aromatic rings. The van der Waals surface area contributed by atoms with Crippen molar-refractivity contribution < 1.29 is 14.3 Å². The molecule has 1 aliphatic rings. The molecule has 0 spiro atoms. The van der Waals surface area contributed by atoms with Crippen LogP contribution in [-0.2, 0) is 9.53 Å². The predicted octanol–water partition coefficient (Wildman–Crippen LogP) is 4.08. The minimum atomic E-state index is -0.599. The minimum absolute atomic E-state index is 0.236. The molecular formula is C24H21ClN2O4S2. The van der Waals surface area contributed by atoms with E-state index in [1.807, 2.05) is 17.5 Å². The molecule has 0 unspecified atom stereocenters.